The third-order valence-electron chi connectivity index (χ3n) is 4.24. The zero-order valence-electron chi connectivity index (χ0n) is 15.9. The molecule has 1 fully saturated rings. The molecule has 0 saturated carbocycles. The van der Waals surface area contributed by atoms with E-state index in [-0.39, 0.29) is 23.3 Å². The van der Waals surface area contributed by atoms with Gasteiger partial charge in [0.2, 0.25) is 0 Å². The van der Waals surface area contributed by atoms with Gasteiger partial charge in [-0.05, 0) is 59.2 Å². The minimum atomic E-state index is -1.08. The van der Waals surface area contributed by atoms with Crippen molar-refractivity contribution in [3.05, 3.63) is 23.8 Å². The normalized spacial score (nSPS) is 20.4. The van der Waals surface area contributed by atoms with Gasteiger partial charge in [-0.25, -0.2) is 4.79 Å². The van der Waals surface area contributed by atoms with Crippen molar-refractivity contribution in [3.8, 4) is 11.5 Å². The Kier molecular flexibility index (Phi) is 5.81. The molecule has 2 rings (SSSR count). The third kappa shape index (κ3) is 4.88. The molecular formula is C19H27NO6. The van der Waals surface area contributed by atoms with Gasteiger partial charge in [0.25, 0.3) is 5.91 Å². The Balaban J connectivity index is 2.16. The molecule has 26 heavy (non-hydrogen) atoms. The smallest absolute Gasteiger partial charge is 0.341 e. The lowest BCUT2D eigenvalue weighted by Gasteiger charge is -2.27. The number of hydrogen-bond donors (Lipinski definition) is 2. The molecule has 7 nitrogen and oxygen atoms in total. The highest BCUT2D eigenvalue weighted by Crippen LogP contribution is 2.37. The van der Waals surface area contributed by atoms with Gasteiger partial charge in [0, 0.05) is 5.56 Å². The molecule has 0 bridgehead atoms. The van der Waals surface area contributed by atoms with Crippen LogP contribution in [-0.2, 0) is 9.53 Å². The summed E-state index contributed by atoms with van der Waals surface area (Å²) in [5.74, 6) is -0.699. The van der Waals surface area contributed by atoms with Gasteiger partial charge < -0.3 is 24.6 Å². The Labute approximate surface area is 153 Å². The van der Waals surface area contributed by atoms with Gasteiger partial charge in [0.1, 0.15) is 0 Å². The first-order valence-corrected chi connectivity index (χ1v) is 8.66. The van der Waals surface area contributed by atoms with E-state index in [1.165, 1.54) is 0 Å². The minimum Gasteiger partial charge on any atom is -0.490 e. The predicted molar refractivity (Wildman–Crippen MR) is 95.9 cm³/mol. The fourth-order valence-corrected chi connectivity index (χ4v) is 3.21. The standard InChI is InChI=1S/C19H27NO6/c1-6-24-14-9-12(7-8-13(14)25-11-16(21)22)17(23)20-15-10-18(2,3)26-19(15,4)5/h7-9,15H,6,10-11H2,1-5H3,(H,20,23)(H,21,22). The summed E-state index contributed by atoms with van der Waals surface area (Å²) in [4.78, 5) is 23.4. The molecule has 1 aliphatic rings. The predicted octanol–water partition coefficient (Wildman–Crippen LogP) is 2.62. The number of carboxylic acid groups (broad SMARTS) is 1. The Hall–Kier alpha value is -2.28. The highest BCUT2D eigenvalue weighted by Gasteiger charge is 2.46. The van der Waals surface area contributed by atoms with Crippen LogP contribution in [0.5, 0.6) is 11.5 Å². The molecule has 7 heteroatoms. The molecule has 0 spiro atoms. The lowest BCUT2D eigenvalue weighted by molar-refractivity contribution is -0.139. The van der Waals surface area contributed by atoms with E-state index in [1.54, 1.807) is 25.1 Å². The first-order valence-electron chi connectivity index (χ1n) is 8.66. The number of hydrogen-bond acceptors (Lipinski definition) is 5. The van der Waals surface area contributed by atoms with Crippen LogP contribution in [0.1, 0.15) is 51.4 Å². The summed E-state index contributed by atoms with van der Waals surface area (Å²) in [5, 5.41) is 11.8. The van der Waals surface area contributed by atoms with E-state index >= 15 is 0 Å². The molecule has 1 amide bonds. The quantitative estimate of drug-likeness (QED) is 0.771. The lowest BCUT2D eigenvalue weighted by atomic mass is 9.94. The number of benzene rings is 1. The topological polar surface area (TPSA) is 94.1 Å². The van der Waals surface area contributed by atoms with Gasteiger partial charge in [0.05, 0.1) is 23.9 Å². The van der Waals surface area contributed by atoms with Crippen LogP contribution in [0.3, 0.4) is 0 Å². The van der Waals surface area contributed by atoms with Gasteiger partial charge in [-0.15, -0.1) is 0 Å². The van der Waals surface area contributed by atoms with E-state index in [0.717, 1.165) is 0 Å². The number of amides is 1. The molecule has 0 radical (unpaired) electrons. The zero-order valence-corrected chi connectivity index (χ0v) is 15.9. The Bertz CT molecular complexity index is 683. The average Bonchev–Trinajstić information content (AvgIpc) is 2.72. The molecule has 1 aromatic carbocycles. The maximum Gasteiger partial charge on any atom is 0.341 e. The van der Waals surface area contributed by atoms with Crippen molar-refractivity contribution in [3.63, 3.8) is 0 Å². The number of ether oxygens (including phenoxy) is 3. The molecule has 1 atom stereocenters. The van der Waals surface area contributed by atoms with Crippen LogP contribution in [0, 0.1) is 0 Å². The van der Waals surface area contributed by atoms with Crippen molar-refractivity contribution in [1.29, 1.82) is 0 Å². The molecule has 1 aromatic rings. The van der Waals surface area contributed by atoms with E-state index < -0.39 is 18.2 Å². The van der Waals surface area contributed by atoms with Crippen LogP contribution in [0.4, 0.5) is 0 Å². The second kappa shape index (κ2) is 7.53. The average molecular weight is 365 g/mol. The van der Waals surface area contributed by atoms with E-state index in [4.69, 9.17) is 19.3 Å². The van der Waals surface area contributed by atoms with Gasteiger partial charge in [-0.2, -0.15) is 0 Å². The van der Waals surface area contributed by atoms with Crippen molar-refractivity contribution < 1.29 is 28.9 Å². The number of carboxylic acids is 1. The van der Waals surface area contributed by atoms with Crippen LogP contribution in [0.25, 0.3) is 0 Å². The SMILES string of the molecule is CCOc1cc(C(=O)NC2CC(C)(C)OC2(C)C)ccc1OCC(=O)O. The summed E-state index contributed by atoms with van der Waals surface area (Å²) >= 11 is 0. The molecule has 2 N–H and O–H groups in total. The summed E-state index contributed by atoms with van der Waals surface area (Å²) in [7, 11) is 0. The Morgan fingerprint density at radius 2 is 1.92 bits per heavy atom. The van der Waals surface area contributed by atoms with E-state index in [0.29, 0.717) is 24.3 Å². The van der Waals surface area contributed by atoms with Crippen LogP contribution in [0.2, 0.25) is 0 Å². The van der Waals surface area contributed by atoms with Crippen molar-refractivity contribution in [2.75, 3.05) is 13.2 Å². The van der Waals surface area contributed by atoms with Crippen LogP contribution in [0.15, 0.2) is 18.2 Å². The fraction of sp³-hybridized carbons (Fsp3) is 0.579. The number of carbonyl (C=O) groups is 2. The van der Waals surface area contributed by atoms with Crippen molar-refractivity contribution in [1.82, 2.24) is 5.32 Å². The molecule has 0 aliphatic carbocycles. The molecule has 1 aliphatic heterocycles. The first kappa shape index (κ1) is 20.0. The molecule has 0 aromatic heterocycles. The van der Waals surface area contributed by atoms with Gasteiger partial charge in [0.15, 0.2) is 18.1 Å². The number of carbonyl (C=O) groups excluding carboxylic acids is 1. The lowest BCUT2D eigenvalue weighted by Crippen LogP contribution is -2.46. The molecule has 1 saturated heterocycles. The van der Waals surface area contributed by atoms with E-state index in [9.17, 15) is 9.59 Å². The highest BCUT2D eigenvalue weighted by atomic mass is 16.5. The van der Waals surface area contributed by atoms with Gasteiger partial charge in [-0.1, -0.05) is 0 Å². The maximum atomic E-state index is 12.7. The van der Waals surface area contributed by atoms with Gasteiger partial charge >= 0.3 is 5.97 Å². The summed E-state index contributed by atoms with van der Waals surface area (Å²) in [6.07, 6.45) is 0.712. The van der Waals surface area contributed by atoms with Crippen LogP contribution < -0.4 is 14.8 Å². The summed E-state index contributed by atoms with van der Waals surface area (Å²) in [6, 6.07) is 4.57. The summed E-state index contributed by atoms with van der Waals surface area (Å²) < 4.78 is 16.7. The van der Waals surface area contributed by atoms with Gasteiger partial charge in [-0.3, -0.25) is 4.79 Å². The molecular weight excluding hydrogens is 338 g/mol. The molecule has 144 valence electrons. The summed E-state index contributed by atoms with van der Waals surface area (Å²) in [6.45, 7) is 9.61. The third-order valence-corrected chi connectivity index (χ3v) is 4.24. The number of rotatable bonds is 7. The first-order chi connectivity index (χ1) is 12.0. The van der Waals surface area contributed by atoms with Crippen LogP contribution >= 0.6 is 0 Å². The Morgan fingerprint density at radius 1 is 1.23 bits per heavy atom. The second-order valence-corrected chi connectivity index (χ2v) is 7.47. The second-order valence-electron chi connectivity index (χ2n) is 7.47. The Morgan fingerprint density at radius 3 is 2.46 bits per heavy atom. The van der Waals surface area contributed by atoms with Crippen LogP contribution in [-0.4, -0.2) is 47.4 Å². The molecule has 1 heterocycles. The van der Waals surface area contributed by atoms with E-state index in [1.807, 2.05) is 27.7 Å². The largest absolute Gasteiger partial charge is 0.490 e. The van der Waals surface area contributed by atoms with Crippen molar-refractivity contribution in [2.24, 2.45) is 0 Å². The maximum absolute atomic E-state index is 12.7. The zero-order chi connectivity index (χ0) is 19.5. The van der Waals surface area contributed by atoms with E-state index in [2.05, 4.69) is 5.32 Å². The minimum absolute atomic E-state index is 0.122. The van der Waals surface area contributed by atoms with Crippen molar-refractivity contribution >= 4 is 11.9 Å². The monoisotopic (exact) mass is 365 g/mol. The highest BCUT2D eigenvalue weighted by molar-refractivity contribution is 5.95. The summed E-state index contributed by atoms with van der Waals surface area (Å²) in [5.41, 5.74) is -0.351. The number of aliphatic carboxylic acids is 1. The van der Waals surface area contributed by atoms with Crippen molar-refractivity contribution in [2.45, 2.75) is 58.3 Å². The molecule has 1 unspecified atom stereocenters. The number of nitrogens with one attached hydrogen (secondary N) is 1. The fourth-order valence-electron chi connectivity index (χ4n) is 3.21.